The first-order valence-corrected chi connectivity index (χ1v) is 13.3. The highest BCUT2D eigenvalue weighted by molar-refractivity contribution is 7.17. The Bertz CT molecular complexity index is 1140. The lowest BCUT2D eigenvalue weighted by Gasteiger charge is -2.22. The van der Waals surface area contributed by atoms with Crippen LogP contribution in [0.5, 0.6) is 0 Å². The molecule has 2 heterocycles. The third-order valence-electron chi connectivity index (χ3n) is 6.08. The largest absolute Gasteiger partial charge is 0.324 e. The van der Waals surface area contributed by atoms with Crippen LogP contribution in [-0.4, -0.2) is 49.8 Å². The number of thiophene rings is 1. The Hall–Kier alpha value is -2.46. The van der Waals surface area contributed by atoms with Gasteiger partial charge in [-0.25, -0.2) is 10.2 Å². The number of aryl methyl sites for hydroxylation is 1. The molecule has 1 atom stereocenters. The molecule has 0 bridgehead atoms. The normalized spacial score (nSPS) is 16.4. The number of hydrogen-bond acceptors (Lipinski definition) is 6. The topological polar surface area (TPSA) is 103 Å². The van der Waals surface area contributed by atoms with Crippen LogP contribution in [-0.2, 0) is 16.6 Å². The zero-order chi connectivity index (χ0) is 26.6. The van der Waals surface area contributed by atoms with Crippen LogP contribution >= 0.6 is 22.9 Å². The molecule has 8 nitrogen and oxygen atoms in total. The van der Waals surface area contributed by atoms with E-state index in [1.165, 1.54) is 11.3 Å². The number of Topliss-reactive ketones (excluding diaryl/α,β-unsaturated/α-hetero) is 1. The van der Waals surface area contributed by atoms with Crippen LogP contribution in [0.1, 0.15) is 60.0 Å². The van der Waals surface area contributed by atoms with Gasteiger partial charge in [-0.15, -0.1) is 11.3 Å². The first-order valence-electron chi connectivity index (χ1n) is 12.1. The number of urea groups is 1. The van der Waals surface area contributed by atoms with Gasteiger partial charge in [0, 0.05) is 35.9 Å². The molecule has 4 N–H and O–H groups in total. The molecule has 0 radical (unpaired) electrons. The van der Waals surface area contributed by atoms with Crippen LogP contribution in [0, 0.1) is 12.8 Å². The molecular weight excluding hydrogens is 498 g/mol. The molecular formula is C26H36ClN5O3S. The van der Waals surface area contributed by atoms with Crippen LogP contribution in [0.3, 0.4) is 0 Å². The van der Waals surface area contributed by atoms with E-state index in [-0.39, 0.29) is 29.4 Å². The van der Waals surface area contributed by atoms with Crippen LogP contribution in [0.2, 0.25) is 5.02 Å². The first-order chi connectivity index (χ1) is 16.9. The van der Waals surface area contributed by atoms with Crippen molar-refractivity contribution in [3.8, 4) is 0 Å². The fourth-order valence-electron chi connectivity index (χ4n) is 4.10. The molecule has 1 aliphatic heterocycles. The highest BCUT2D eigenvalue weighted by Crippen LogP contribution is 2.42. The summed E-state index contributed by atoms with van der Waals surface area (Å²) in [5.41, 5.74) is 8.08. The summed E-state index contributed by atoms with van der Waals surface area (Å²) in [6.07, 6.45) is 1.36. The molecule has 0 spiro atoms. The van der Waals surface area contributed by atoms with Crippen LogP contribution < -0.4 is 21.5 Å². The molecule has 196 valence electrons. The molecule has 1 aromatic carbocycles. The number of likely N-dealkylation sites (N-methyl/N-ethyl adjacent to an activating group) is 1. The number of benzene rings is 1. The number of anilines is 2. The minimum Gasteiger partial charge on any atom is -0.309 e. The van der Waals surface area contributed by atoms with Crippen LogP contribution in [0.15, 0.2) is 18.2 Å². The van der Waals surface area contributed by atoms with Crippen molar-refractivity contribution < 1.29 is 14.4 Å². The number of halogens is 1. The monoisotopic (exact) mass is 533 g/mol. The lowest BCUT2D eigenvalue weighted by molar-refractivity contribution is -0.121. The number of ketones is 1. The Morgan fingerprint density at radius 2 is 1.94 bits per heavy atom. The van der Waals surface area contributed by atoms with Gasteiger partial charge in [-0.05, 0) is 56.5 Å². The first kappa shape index (κ1) is 28.1. The van der Waals surface area contributed by atoms with Crippen molar-refractivity contribution in [2.24, 2.45) is 5.92 Å². The van der Waals surface area contributed by atoms with Crippen molar-refractivity contribution in [3.63, 3.8) is 0 Å². The molecule has 2 aromatic rings. The van der Waals surface area contributed by atoms with Crippen molar-refractivity contribution in [2.75, 3.05) is 37.8 Å². The number of nitrogens with zero attached hydrogens (tertiary/aromatic N) is 1. The molecule has 1 fully saturated rings. The number of nitrogens with one attached hydrogen (secondary N) is 4. The number of hydrogen-bond donors (Lipinski definition) is 4. The van der Waals surface area contributed by atoms with Crippen molar-refractivity contribution in [1.29, 1.82) is 0 Å². The Balaban J connectivity index is 2.00. The summed E-state index contributed by atoms with van der Waals surface area (Å²) >= 11 is 7.81. The zero-order valence-corrected chi connectivity index (χ0v) is 23.4. The SMILES string of the molecule is Cc1cccc(NC(=O)Nc2sc(C(C)(C)C)c(C(=O)C3CCC(=O)NNC3)c2CCN(C)C)c1Cl. The molecule has 1 saturated heterocycles. The summed E-state index contributed by atoms with van der Waals surface area (Å²) in [5.74, 6) is -0.456. The minimum absolute atomic E-state index is 0.00381. The summed E-state index contributed by atoms with van der Waals surface area (Å²) in [6.45, 7) is 9.16. The van der Waals surface area contributed by atoms with E-state index in [9.17, 15) is 14.4 Å². The van der Waals surface area contributed by atoms with E-state index < -0.39 is 6.03 Å². The van der Waals surface area contributed by atoms with Gasteiger partial charge in [0.1, 0.15) is 5.00 Å². The molecule has 1 aliphatic rings. The summed E-state index contributed by atoms with van der Waals surface area (Å²) in [7, 11) is 3.95. The summed E-state index contributed by atoms with van der Waals surface area (Å²) < 4.78 is 0. The number of rotatable bonds is 7. The summed E-state index contributed by atoms with van der Waals surface area (Å²) in [6, 6.07) is 5.04. The number of hydrazine groups is 1. The predicted octanol–water partition coefficient (Wildman–Crippen LogP) is 4.97. The molecule has 1 unspecified atom stereocenters. The van der Waals surface area contributed by atoms with Gasteiger partial charge in [0.2, 0.25) is 5.91 Å². The highest BCUT2D eigenvalue weighted by atomic mass is 35.5. The number of carbonyl (C=O) groups excluding carboxylic acids is 3. The van der Waals surface area contributed by atoms with Crippen LogP contribution in [0.4, 0.5) is 15.5 Å². The molecule has 0 aliphatic carbocycles. The van der Waals surface area contributed by atoms with E-state index >= 15 is 0 Å². The Morgan fingerprint density at radius 1 is 1.22 bits per heavy atom. The van der Waals surface area contributed by atoms with Gasteiger partial charge in [-0.2, -0.15) is 0 Å². The second-order valence-electron chi connectivity index (χ2n) is 10.5. The lowest BCUT2D eigenvalue weighted by Crippen LogP contribution is -2.38. The van der Waals surface area contributed by atoms with Crippen molar-refractivity contribution in [2.45, 2.75) is 52.4 Å². The molecule has 0 saturated carbocycles. The zero-order valence-electron chi connectivity index (χ0n) is 21.8. The maximum Gasteiger partial charge on any atom is 0.324 e. The smallest absolute Gasteiger partial charge is 0.309 e. The van der Waals surface area contributed by atoms with E-state index in [1.54, 1.807) is 6.07 Å². The van der Waals surface area contributed by atoms with Gasteiger partial charge in [-0.3, -0.25) is 20.3 Å². The Morgan fingerprint density at radius 3 is 2.61 bits per heavy atom. The second kappa shape index (κ2) is 11.7. The molecule has 3 amide bonds. The third kappa shape index (κ3) is 6.85. The average molecular weight is 534 g/mol. The quantitative estimate of drug-likeness (QED) is 0.376. The summed E-state index contributed by atoms with van der Waals surface area (Å²) in [5, 5.41) is 6.98. The van der Waals surface area contributed by atoms with E-state index in [4.69, 9.17) is 11.6 Å². The highest BCUT2D eigenvalue weighted by Gasteiger charge is 2.34. The van der Waals surface area contributed by atoms with E-state index in [1.807, 2.05) is 33.2 Å². The van der Waals surface area contributed by atoms with Crippen LogP contribution in [0.25, 0.3) is 0 Å². The average Bonchev–Trinajstić information content (AvgIpc) is 3.00. The van der Waals surface area contributed by atoms with Crippen molar-refractivity contribution in [1.82, 2.24) is 15.8 Å². The predicted molar refractivity (Wildman–Crippen MR) is 147 cm³/mol. The van der Waals surface area contributed by atoms with E-state index in [2.05, 4.69) is 47.2 Å². The maximum atomic E-state index is 13.9. The van der Waals surface area contributed by atoms with Gasteiger partial charge in [0.05, 0.1) is 10.7 Å². The lowest BCUT2D eigenvalue weighted by atomic mass is 9.84. The summed E-state index contributed by atoms with van der Waals surface area (Å²) in [4.78, 5) is 41.8. The van der Waals surface area contributed by atoms with Gasteiger partial charge in [0.15, 0.2) is 5.78 Å². The molecule has 3 rings (SSSR count). The molecule has 36 heavy (non-hydrogen) atoms. The number of amides is 3. The second-order valence-corrected chi connectivity index (χ2v) is 11.9. The Kier molecular flexibility index (Phi) is 9.16. The Labute approximate surface area is 222 Å². The van der Waals surface area contributed by atoms with Crippen molar-refractivity contribution in [3.05, 3.63) is 44.8 Å². The van der Waals surface area contributed by atoms with Gasteiger partial charge >= 0.3 is 6.03 Å². The molecule has 10 heteroatoms. The third-order valence-corrected chi connectivity index (χ3v) is 8.15. The standard InChI is InChI=1S/C26H36ClN5O3S/c1-15-8-7-9-18(21(15)27)29-25(35)30-24-17(12-13-32(5)6)20(23(36-24)26(2,3)4)22(34)16-10-11-19(33)31-28-14-16/h7-9,16,28H,10-14H2,1-6H3,(H,31,33)(H2,29,30,35). The van der Waals surface area contributed by atoms with Gasteiger partial charge in [0.25, 0.3) is 0 Å². The maximum absolute atomic E-state index is 13.9. The van der Waals surface area contributed by atoms with E-state index in [0.29, 0.717) is 47.2 Å². The van der Waals surface area contributed by atoms with Crippen molar-refractivity contribution >= 4 is 51.3 Å². The van der Waals surface area contributed by atoms with E-state index in [0.717, 1.165) is 16.0 Å². The fraction of sp³-hybridized carbons (Fsp3) is 0.500. The fourth-order valence-corrected chi connectivity index (χ4v) is 5.58. The number of carbonyl (C=O) groups is 3. The van der Waals surface area contributed by atoms with Gasteiger partial charge < -0.3 is 10.2 Å². The molecule has 1 aromatic heterocycles. The minimum atomic E-state index is -0.416. The van der Waals surface area contributed by atoms with Gasteiger partial charge in [-0.1, -0.05) is 44.5 Å².